The van der Waals surface area contributed by atoms with Crippen molar-refractivity contribution in [1.29, 1.82) is 0 Å². The molecular formula is C10H12BrFO2. The second-order valence-corrected chi connectivity index (χ2v) is 3.65. The first-order valence-corrected chi connectivity index (χ1v) is 5.04. The Labute approximate surface area is 91.2 Å². The van der Waals surface area contributed by atoms with E-state index in [2.05, 4.69) is 15.9 Å². The normalized spacial score (nSPS) is 10.5. The van der Waals surface area contributed by atoms with Crippen LogP contribution in [0.25, 0.3) is 0 Å². The summed E-state index contributed by atoms with van der Waals surface area (Å²) < 4.78 is 23.4. The van der Waals surface area contributed by atoms with Crippen LogP contribution in [0.3, 0.4) is 0 Å². The Morgan fingerprint density at radius 2 is 2.14 bits per heavy atom. The maximum Gasteiger partial charge on any atom is 0.137 e. The molecule has 14 heavy (non-hydrogen) atoms. The summed E-state index contributed by atoms with van der Waals surface area (Å²) in [4.78, 5) is 0. The van der Waals surface area contributed by atoms with Crippen LogP contribution in [0.5, 0.6) is 0 Å². The van der Waals surface area contributed by atoms with Crippen molar-refractivity contribution < 1.29 is 13.9 Å². The highest BCUT2D eigenvalue weighted by Gasteiger charge is 2.00. The van der Waals surface area contributed by atoms with Crippen molar-refractivity contribution >= 4 is 15.9 Å². The molecule has 0 aliphatic heterocycles. The summed E-state index contributed by atoms with van der Waals surface area (Å²) in [5.74, 6) is -0.259. The maximum atomic E-state index is 12.8. The minimum atomic E-state index is -0.259. The van der Waals surface area contributed by atoms with Crippen LogP contribution >= 0.6 is 15.9 Å². The van der Waals surface area contributed by atoms with Gasteiger partial charge in [0.2, 0.25) is 0 Å². The average molecular weight is 263 g/mol. The van der Waals surface area contributed by atoms with Gasteiger partial charge < -0.3 is 9.47 Å². The van der Waals surface area contributed by atoms with Gasteiger partial charge in [-0.1, -0.05) is 6.07 Å². The molecule has 0 amide bonds. The number of benzene rings is 1. The maximum absolute atomic E-state index is 12.8. The van der Waals surface area contributed by atoms with Crippen LogP contribution in [-0.2, 0) is 16.1 Å². The van der Waals surface area contributed by atoms with E-state index >= 15 is 0 Å². The Kier molecular flexibility index (Phi) is 5.07. The third-order valence-corrected chi connectivity index (χ3v) is 2.29. The largest absolute Gasteiger partial charge is 0.382 e. The van der Waals surface area contributed by atoms with Crippen LogP contribution in [0, 0.1) is 5.82 Å². The molecular weight excluding hydrogens is 251 g/mol. The van der Waals surface area contributed by atoms with E-state index in [4.69, 9.17) is 9.47 Å². The Balaban J connectivity index is 2.39. The van der Waals surface area contributed by atoms with E-state index in [1.165, 1.54) is 6.07 Å². The molecule has 0 aliphatic rings. The molecule has 1 rings (SSSR count). The molecule has 0 saturated carbocycles. The average Bonchev–Trinajstić information content (AvgIpc) is 2.18. The number of hydrogen-bond donors (Lipinski definition) is 0. The van der Waals surface area contributed by atoms with Crippen LogP contribution in [0.2, 0.25) is 0 Å². The summed E-state index contributed by atoms with van der Waals surface area (Å²) in [7, 11) is 1.62. The van der Waals surface area contributed by atoms with Crippen molar-refractivity contribution in [3.05, 3.63) is 34.1 Å². The summed E-state index contributed by atoms with van der Waals surface area (Å²) in [6.45, 7) is 1.59. The van der Waals surface area contributed by atoms with Crippen LogP contribution in [-0.4, -0.2) is 20.3 Å². The minimum absolute atomic E-state index is 0.259. The number of methoxy groups -OCH3 is 1. The lowest BCUT2D eigenvalue weighted by Crippen LogP contribution is -2.01. The molecule has 0 saturated heterocycles. The Morgan fingerprint density at radius 1 is 1.36 bits per heavy atom. The van der Waals surface area contributed by atoms with Gasteiger partial charge in [0.15, 0.2) is 0 Å². The standard InChI is InChI=1S/C10H12BrFO2/c1-13-4-5-14-7-8-2-3-10(12)9(11)6-8/h2-3,6H,4-5,7H2,1H3. The van der Waals surface area contributed by atoms with Crippen LogP contribution in [0.4, 0.5) is 4.39 Å². The third-order valence-electron chi connectivity index (χ3n) is 1.68. The van der Waals surface area contributed by atoms with Crippen molar-refractivity contribution in [1.82, 2.24) is 0 Å². The predicted molar refractivity (Wildman–Crippen MR) is 55.6 cm³/mol. The Hall–Kier alpha value is -0.450. The molecule has 0 N–H and O–H groups in total. The summed E-state index contributed by atoms with van der Waals surface area (Å²) >= 11 is 3.11. The van der Waals surface area contributed by atoms with Gasteiger partial charge in [0.05, 0.1) is 24.3 Å². The lowest BCUT2D eigenvalue weighted by molar-refractivity contribution is 0.0616. The van der Waals surface area contributed by atoms with Crippen LogP contribution < -0.4 is 0 Å². The zero-order chi connectivity index (χ0) is 10.4. The zero-order valence-corrected chi connectivity index (χ0v) is 9.51. The van der Waals surface area contributed by atoms with E-state index in [0.29, 0.717) is 24.3 Å². The second kappa shape index (κ2) is 6.11. The molecule has 0 fully saturated rings. The van der Waals surface area contributed by atoms with Gasteiger partial charge in [0, 0.05) is 7.11 Å². The van der Waals surface area contributed by atoms with Gasteiger partial charge in [0.25, 0.3) is 0 Å². The van der Waals surface area contributed by atoms with Gasteiger partial charge in [0.1, 0.15) is 5.82 Å². The number of halogens is 2. The van der Waals surface area contributed by atoms with E-state index in [1.807, 2.05) is 0 Å². The van der Waals surface area contributed by atoms with Crippen molar-refractivity contribution in [3.63, 3.8) is 0 Å². The summed E-state index contributed by atoms with van der Waals surface area (Å²) in [5.41, 5.74) is 0.939. The molecule has 0 heterocycles. The summed E-state index contributed by atoms with van der Waals surface area (Å²) in [6, 6.07) is 4.83. The molecule has 0 aliphatic carbocycles. The highest BCUT2D eigenvalue weighted by Crippen LogP contribution is 2.17. The lowest BCUT2D eigenvalue weighted by Gasteiger charge is -2.04. The van der Waals surface area contributed by atoms with Crippen LogP contribution in [0.15, 0.2) is 22.7 Å². The molecule has 4 heteroatoms. The molecule has 0 radical (unpaired) electrons. The zero-order valence-electron chi connectivity index (χ0n) is 7.93. The van der Waals surface area contributed by atoms with Crippen molar-refractivity contribution in [3.8, 4) is 0 Å². The fraction of sp³-hybridized carbons (Fsp3) is 0.400. The fourth-order valence-electron chi connectivity index (χ4n) is 0.962. The summed E-state index contributed by atoms with van der Waals surface area (Å²) in [5, 5.41) is 0. The van der Waals surface area contributed by atoms with Gasteiger partial charge in [-0.05, 0) is 33.6 Å². The first-order valence-electron chi connectivity index (χ1n) is 4.24. The highest BCUT2D eigenvalue weighted by molar-refractivity contribution is 9.10. The SMILES string of the molecule is COCCOCc1ccc(F)c(Br)c1. The molecule has 2 nitrogen and oxygen atoms in total. The minimum Gasteiger partial charge on any atom is -0.382 e. The van der Waals surface area contributed by atoms with Gasteiger partial charge in [-0.2, -0.15) is 0 Å². The molecule has 0 unspecified atom stereocenters. The highest BCUT2D eigenvalue weighted by atomic mass is 79.9. The molecule has 1 aromatic carbocycles. The van der Waals surface area contributed by atoms with Gasteiger partial charge in [-0.15, -0.1) is 0 Å². The first kappa shape index (κ1) is 11.6. The first-order chi connectivity index (χ1) is 6.74. The molecule has 0 aromatic heterocycles. The Morgan fingerprint density at radius 3 is 2.79 bits per heavy atom. The number of hydrogen-bond acceptors (Lipinski definition) is 2. The van der Waals surface area contributed by atoms with Gasteiger partial charge >= 0.3 is 0 Å². The van der Waals surface area contributed by atoms with Crippen molar-refractivity contribution in [2.45, 2.75) is 6.61 Å². The van der Waals surface area contributed by atoms with E-state index in [-0.39, 0.29) is 5.82 Å². The van der Waals surface area contributed by atoms with E-state index in [9.17, 15) is 4.39 Å². The summed E-state index contributed by atoms with van der Waals surface area (Å²) in [6.07, 6.45) is 0. The van der Waals surface area contributed by atoms with Crippen LogP contribution in [0.1, 0.15) is 5.56 Å². The molecule has 0 spiro atoms. The predicted octanol–water partition coefficient (Wildman–Crippen LogP) is 2.75. The topological polar surface area (TPSA) is 18.5 Å². The lowest BCUT2D eigenvalue weighted by atomic mass is 10.2. The monoisotopic (exact) mass is 262 g/mol. The fourth-order valence-corrected chi connectivity index (χ4v) is 1.39. The Bertz CT molecular complexity index is 291. The van der Waals surface area contributed by atoms with Crippen molar-refractivity contribution in [2.24, 2.45) is 0 Å². The van der Waals surface area contributed by atoms with E-state index in [1.54, 1.807) is 19.2 Å². The number of rotatable bonds is 5. The number of ether oxygens (including phenoxy) is 2. The molecule has 1 aromatic rings. The van der Waals surface area contributed by atoms with E-state index < -0.39 is 0 Å². The smallest absolute Gasteiger partial charge is 0.137 e. The van der Waals surface area contributed by atoms with E-state index in [0.717, 1.165) is 5.56 Å². The third kappa shape index (κ3) is 3.74. The quantitative estimate of drug-likeness (QED) is 0.760. The van der Waals surface area contributed by atoms with Gasteiger partial charge in [-0.25, -0.2) is 4.39 Å². The van der Waals surface area contributed by atoms with Crippen molar-refractivity contribution in [2.75, 3.05) is 20.3 Å². The molecule has 78 valence electrons. The van der Waals surface area contributed by atoms with Gasteiger partial charge in [-0.3, -0.25) is 0 Å². The second-order valence-electron chi connectivity index (χ2n) is 2.79. The molecule has 0 bridgehead atoms. The molecule has 0 atom stereocenters.